The van der Waals surface area contributed by atoms with Gasteiger partial charge in [-0.2, -0.15) is 0 Å². The van der Waals surface area contributed by atoms with Gasteiger partial charge in [0.2, 0.25) is 5.91 Å². The first-order chi connectivity index (χ1) is 15.1. The van der Waals surface area contributed by atoms with E-state index in [0.29, 0.717) is 34.7 Å². The van der Waals surface area contributed by atoms with Crippen molar-refractivity contribution in [3.63, 3.8) is 0 Å². The van der Waals surface area contributed by atoms with E-state index in [-0.39, 0.29) is 17.9 Å². The molecule has 31 heavy (non-hydrogen) atoms. The lowest BCUT2D eigenvalue weighted by atomic mass is 10.2. The van der Waals surface area contributed by atoms with Gasteiger partial charge in [0.05, 0.1) is 12.1 Å². The summed E-state index contributed by atoms with van der Waals surface area (Å²) in [5.74, 6) is 0.696. The van der Waals surface area contributed by atoms with Gasteiger partial charge in [-0.3, -0.25) is 9.59 Å². The number of aromatic nitrogens is 2. The van der Waals surface area contributed by atoms with E-state index in [0.717, 1.165) is 24.3 Å². The molecule has 2 heterocycles. The Kier molecular flexibility index (Phi) is 6.94. The largest absolute Gasteiger partial charge is 0.368 e. The predicted molar refractivity (Wildman–Crippen MR) is 125 cm³/mol. The van der Waals surface area contributed by atoms with Gasteiger partial charge in [0.25, 0.3) is 5.56 Å². The molecule has 0 unspecified atom stereocenters. The predicted octanol–water partition coefficient (Wildman–Crippen LogP) is 3.61. The van der Waals surface area contributed by atoms with Crippen molar-refractivity contribution in [2.45, 2.75) is 17.3 Å². The van der Waals surface area contributed by atoms with Crippen LogP contribution in [-0.2, 0) is 17.0 Å². The number of anilines is 1. The minimum Gasteiger partial charge on any atom is -0.368 e. The molecule has 1 aliphatic heterocycles. The number of halogens is 1. The average Bonchev–Trinajstić information content (AvgIpc) is 2.79. The minimum atomic E-state index is -0.235. The standard InChI is InChI=1S/C23H23ClN4O2S/c24-18-6-8-20(9-7-18)27-10-12-28(13-11-27)22(30)15-19-14-21(29)26-23(25-19)31-16-17-4-2-1-3-5-17/h1-9,14H,10-13,15-16H2,(H,25,26,29). The van der Waals surface area contributed by atoms with E-state index in [2.05, 4.69) is 14.9 Å². The maximum Gasteiger partial charge on any atom is 0.251 e. The monoisotopic (exact) mass is 454 g/mol. The van der Waals surface area contributed by atoms with Gasteiger partial charge in [-0.05, 0) is 29.8 Å². The SMILES string of the molecule is O=C(Cc1cc(=O)[nH]c(SCc2ccccc2)n1)N1CCN(c2ccc(Cl)cc2)CC1. The van der Waals surface area contributed by atoms with Crippen LogP contribution in [0.4, 0.5) is 5.69 Å². The van der Waals surface area contributed by atoms with Gasteiger partial charge in [-0.15, -0.1) is 0 Å². The van der Waals surface area contributed by atoms with Crippen molar-refractivity contribution < 1.29 is 4.79 Å². The van der Waals surface area contributed by atoms with Crippen molar-refractivity contribution in [2.24, 2.45) is 0 Å². The van der Waals surface area contributed by atoms with Crippen LogP contribution < -0.4 is 10.5 Å². The van der Waals surface area contributed by atoms with Crippen molar-refractivity contribution in [1.29, 1.82) is 0 Å². The molecule has 6 nitrogen and oxygen atoms in total. The highest BCUT2D eigenvalue weighted by molar-refractivity contribution is 7.98. The molecular weight excluding hydrogens is 432 g/mol. The molecule has 0 radical (unpaired) electrons. The third-order valence-electron chi connectivity index (χ3n) is 5.15. The average molecular weight is 455 g/mol. The lowest BCUT2D eigenvalue weighted by Crippen LogP contribution is -2.49. The number of rotatable bonds is 6. The summed E-state index contributed by atoms with van der Waals surface area (Å²) >= 11 is 7.42. The van der Waals surface area contributed by atoms with E-state index >= 15 is 0 Å². The number of hydrogen-bond acceptors (Lipinski definition) is 5. The van der Waals surface area contributed by atoms with E-state index in [1.54, 1.807) is 0 Å². The molecule has 8 heteroatoms. The van der Waals surface area contributed by atoms with Gasteiger partial charge in [0, 0.05) is 48.7 Å². The van der Waals surface area contributed by atoms with Crippen molar-refractivity contribution in [2.75, 3.05) is 31.1 Å². The smallest absolute Gasteiger partial charge is 0.251 e. The maximum atomic E-state index is 12.8. The molecule has 0 aliphatic carbocycles. The molecule has 4 rings (SSSR count). The minimum absolute atomic E-state index is 0.00661. The van der Waals surface area contributed by atoms with E-state index in [4.69, 9.17) is 11.6 Å². The van der Waals surface area contributed by atoms with Crippen molar-refractivity contribution in [3.8, 4) is 0 Å². The Labute approximate surface area is 190 Å². The molecule has 160 valence electrons. The summed E-state index contributed by atoms with van der Waals surface area (Å²) in [4.78, 5) is 36.2. The molecule has 0 spiro atoms. The van der Waals surface area contributed by atoms with E-state index in [9.17, 15) is 9.59 Å². The number of piperazine rings is 1. The first-order valence-corrected chi connectivity index (χ1v) is 11.5. The number of nitrogens with zero attached hydrogens (tertiary/aromatic N) is 3. The van der Waals surface area contributed by atoms with Gasteiger partial charge in [0.1, 0.15) is 0 Å². The van der Waals surface area contributed by atoms with Gasteiger partial charge in [0.15, 0.2) is 5.16 Å². The Morgan fingerprint density at radius 1 is 1.03 bits per heavy atom. The Hall–Kier alpha value is -2.77. The van der Waals surface area contributed by atoms with Crippen LogP contribution in [0.5, 0.6) is 0 Å². The zero-order chi connectivity index (χ0) is 21.6. The quantitative estimate of drug-likeness (QED) is 0.455. The van der Waals surface area contributed by atoms with Crippen LogP contribution in [0.2, 0.25) is 5.02 Å². The third-order valence-corrected chi connectivity index (χ3v) is 6.34. The lowest BCUT2D eigenvalue weighted by molar-refractivity contribution is -0.130. The number of aromatic amines is 1. The molecule has 1 aromatic heterocycles. The van der Waals surface area contributed by atoms with Crippen LogP contribution in [0.25, 0.3) is 0 Å². The van der Waals surface area contributed by atoms with Crippen LogP contribution in [0.15, 0.2) is 70.6 Å². The molecule has 0 bridgehead atoms. The van der Waals surface area contributed by atoms with E-state index in [1.807, 2.05) is 59.5 Å². The van der Waals surface area contributed by atoms with Gasteiger partial charge < -0.3 is 14.8 Å². The molecule has 1 fully saturated rings. The fraction of sp³-hybridized carbons (Fsp3) is 0.261. The highest BCUT2D eigenvalue weighted by Crippen LogP contribution is 2.20. The number of H-pyrrole nitrogens is 1. The van der Waals surface area contributed by atoms with Gasteiger partial charge in [-0.25, -0.2) is 4.98 Å². The number of carbonyl (C=O) groups is 1. The second kappa shape index (κ2) is 10.0. The molecule has 0 saturated carbocycles. The number of thioether (sulfide) groups is 1. The zero-order valence-electron chi connectivity index (χ0n) is 17.0. The second-order valence-electron chi connectivity index (χ2n) is 7.34. The molecule has 1 aliphatic rings. The van der Waals surface area contributed by atoms with Gasteiger partial charge in [-0.1, -0.05) is 53.7 Å². The summed E-state index contributed by atoms with van der Waals surface area (Å²) in [5.41, 5.74) is 2.52. The molecule has 1 N–H and O–H groups in total. The summed E-state index contributed by atoms with van der Waals surface area (Å²) in [5, 5.41) is 1.25. The third kappa shape index (κ3) is 5.89. The maximum absolute atomic E-state index is 12.8. The second-order valence-corrected chi connectivity index (χ2v) is 8.74. The van der Waals surface area contributed by atoms with Crippen molar-refractivity contribution in [1.82, 2.24) is 14.9 Å². The van der Waals surface area contributed by atoms with E-state index < -0.39 is 0 Å². The zero-order valence-corrected chi connectivity index (χ0v) is 18.5. The van der Waals surface area contributed by atoms with Crippen LogP contribution in [0.3, 0.4) is 0 Å². The fourth-order valence-corrected chi connectivity index (χ4v) is 4.48. The summed E-state index contributed by atoms with van der Waals surface area (Å²) in [6.45, 7) is 2.79. The van der Waals surface area contributed by atoms with Gasteiger partial charge >= 0.3 is 0 Å². The van der Waals surface area contributed by atoms with Crippen LogP contribution in [0, 0.1) is 0 Å². The summed E-state index contributed by atoms with van der Waals surface area (Å²) in [6.07, 6.45) is 0.129. The number of hydrogen-bond donors (Lipinski definition) is 1. The number of amides is 1. The lowest BCUT2D eigenvalue weighted by Gasteiger charge is -2.36. The topological polar surface area (TPSA) is 69.3 Å². The molecule has 1 saturated heterocycles. The summed E-state index contributed by atoms with van der Waals surface area (Å²) < 4.78 is 0. The highest BCUT2D eigenvalue weighted by Gasteiger charge is 2.22. The van der Waals surface area contributed by atoms with Crippen LogP contribution in [-0.4, -0.2) is 47.0 Å². The van der Waals surface area contributed by atoms with Crippen molar-refractivity contribution >= 4 is 35.0 Å². The Balaban J connectivity index is 1.33. The molecule has 1 amide bonds. The summed E-state index contributed by atoms with van der Waals surface area (Å²) in [6, 6.07) is 19.1. The Bertz CT molecular complexity index is 1080. The molecule has 0 atom stereocenters. The number of nitrogens with one attached hydrogen (secondary N) is 1. The first-order valence-electron chi connectivity index (χ1n) is 10.1. The molecule has 2 aromatic carbocycles. The Morgan fingerprint density at radius 3 is 2.45 bits per heavy atom. The van der Waals surface area contributed by atoms with E-state index in [1.165, 1.54) is 17.8 Å². The normalized spacial score (nSPS) is 14.0. The van der Waals surface area contributed by atoms with Crippen molar-refractivity contribution in [3.05, 3.63) is 87.3 Å². The molecular formula is C23H23ClN4O2S. The van der Waals surface area contributed by atoms with Crippen LogP contribution >= 0.6 is 23.4 Å². The summed E-state index contributed by atoms with van der Waals surface area (Å²) in [7, 11) is 0. The highest BCUT2D eigenvalue weighted by atomic mass is 35.5. The first kappa shape index (κ1) is 21.5. The number of carbonyl (C=O) groups excluding carboxylic acids is 1. The van der Waals surface area contributed by atoms with Crippen LogP contribution in [0.1, 0.15) is 11.3 Å². The number of benzene rings is 2. The Morgan fingerprint density at radius 2 is 1.74 bits per heavy atom. The molecule has 3 aromatic rings. The fourth-order valence-electron chi connectivity index (χ4n) is 3.50.